The Kier molecular flexibility index (Phi) is 4.86. The van der Waals surface area contributed by atoms with Crippen molar-refractivity contribution in [3.8, 4) is 23.8 Å². The van der Waals surface area contributed by atoms with Gasteiger partial charge in [-0.05, 0) is 6.07 Å². The molecule has 0 N–H and O–H groups in total. The van der Waals surface area contributed by atoms with Crippen molar-refractivity contribution in [3.63, 3.8) is 0 Å². The van der Waals surface area contributed by atoms with Crippen LogP contribution in [0.4, 0.5) is 0 Å². The number of hydrogen-bond acceptors (Lipinski definition) is 4. The third kappa shape index (κ3) is 3.46. The van der Waals surface area contributed by atoms with E-state index in [1.165, 1.54) is 10.7 Å². The van der Waals surface area contributed by atoms with Gasteiger partial charge in [-0.15, -0.1) is 6.42 Å². The van der Waals surface area contributed by atoms with Crippen LogP contribution in [-0.2, 0) is 5.41 Å². The van der Waals surface area contributed by atoms with Crippen molar-refractivity contribution in [2.45, 2.75) is 26.2 Å². The van der Waals surface area contributed by atoms with Gasteiger partial charge in [-0.2, -0.15) is 9.78 Å². The summed E-state index contributed by atoms with van der Waals surface area (Å²) in [5, 5.41) is 5.71. The molecule has 0 saturated carbocycles. The van der Waals surface area contributed by atoms with E-state index in [1.807, 2.05) is 20.8 Å². The lowest BCUT2D eigenvalue weighted by atomic mass is 9.98. The summed E-state index contributed by atoms with van der Waals surface area (Å²) < 4.78 is 6.61. The molecular weight excluding hydrogens is 343 g/mol. The second-order valence-electron chi connectivity index (χ2n) is 5.56. The van der Waals surface area contributed by atoms with Crippen molar-refractivity contribution >= 4 is 34.5 Å². The second kappa shape index (κ2) is 6.33. The standard InChI is InChI=1S/C15H14Cl2N2O2S/c1-5-6-21-12-8-11(9(16)7-10(12)17)19-14(20)22-13(18-19)15(2,3)4/h1,7-8H,6H2,2-4H3. The molecule has 0 bridgehead atoms. The van der Waals surface area contributed by atoms with E-state index in [-0.39, 0.29) is 16.9 Å². The third-order valence-electron chi connectivity index (χ3n) is 2.73. The Morgan fingerprint density at radius 2 is 2.05 bits per heavy atom. The average molecular weight is 357 g/mol. The molecule has 0 fully saturated rings. The van der Waals surface area contributed by atoms with Gasteiger partial charge in [0.2, 0.25) is 0 Å². The molecule has 0 unspecified atom stereocenters. The first kappa shape index (κ1) is 16.9. The monoisotopic (exact) mass is 356 g/mol. The molecule has 0 aliphatic rings. The van der Waals surface area contributed by atoms with Gasteiger partial charge in [-0.3, -0.25) is 4.79 Å². The second-order valence-corrected chi connectivity index (χ2v) is 7.32. The lowest BCUT2D eigenvalue weighted by molar-refractivity contribution is 0.370. The number of aromatic nitrogens is 2. The number of ether oxygens (including phenoxy) is 1. The molecule has 116 valence electrons. The Morgan fingerprint density at radius 3 is 2.59 bits per heavy atom. The minimum Gasteiger partial charge on any atom is -0.479 e. The first-order valence-corrected chi connectivity index (χ1v) is 7.97. The van der Waals surface area contributed by atoms with Gasteiger partial charge in [0.05, 0.1) is 15.7 Å². The van der Waals surface area contributed by atoms with Crippen LogP contribution in [-0.4, -0.2) is 16.4 Å². The fourth-order valence-corrected chi connectivity index (χ4v) is 2.98. The number of nitrogens with zero attached hydrogens (tertiary/aromatic N) is 2. The summed E-state index contributed by atoms with van der Waals surface area (Å²) in [6, 6.07) is 3.07. The molecule has 4 nitrogen and oxygen atoms in total. The molecule has 22 heavy (non-hydrogen) atoms. The number of benzene rings is 1. The maximum atomic E-state index is 12.2. The zero-order valence-electron chi connectivity index (χ0n) is 12.3. The van der Waals surface area contributed by atoms with Crippen LogP contribution in [0.1, 0.15) is 25.8 Å². The van der Waals surface area contributed by atoms with Crippen LogP contribution in [0.2, 0.25) is 10.0 Å². The molecule has 0 saturated heterocycles. The van der Waals surface area contributed by atoms with Gasteiger partial charge in [0, 0.05) is 11.5 Å². The van der Waals surface area contributed by atoms with Gasteiger partial charge in [0.25, 0.3) is 0 Å². The molecule has 0 aliphatic carbocycles. The Hall–Kier alpha value is -1.48. The molecule has 1 aromatic heterocycles. The maximum Gasteiger partial charge on any atom is 0.329 e. The van der Waals surface area contributed by atoms with Crippen LogP contribution < -0.4 is 9.61 Å². The average Bonchev–Trinajstić information content (AvgIpc) is 2.80. The SMILES string of the molecule is C#CCOc1cc(-n2nc(C(C)(C)C)sc2=O)c(Cl)cc1Cl. The topological polar surface area (TPSA) is 44.1 Å². The summed E-state index contributed by atoms with van der Waals surface area (Å²) >= 11 is 13.3. The molecule has 0 amide bonds. The van der Waals surface area contributed by atoms with Crippen LogP contribution >= 0.6 is 34.5 Å². The molecule has 2 rings (SSSR count). The van der Waals surface area contributed by atoms with E-state index >= 15 is 0 Å². The van der Waals surface area contributed by atoms with E-state index in [9.17, 15) is 4.79 Å². The van der Waals surface area contributed by atoms with Crippen molar-refractivity contribution in [1.82, 2.24) is 9.78 Å². The van der Waals surface area contributed by atoms with Crippen LogP contribution in [0.5, 0.6) is 5.75 Å². The molecular formula is C15H14Cl2N2O2S. The molecule has 0 radical (unpaired) electrons. The van der Waals surface area contributed by atoms with Gasteiger partial charge in [-0.25, -0.2) is 0 Å². The summed E-state index contributed by atoms with van der Waals surface area (Å²) in [5.74, 6) is 2.71. The smallest absolute Gasteiger partial charge is 0.329 e. The first-order valence-electron chi connectivity index (χ1n) is 6.40. The fourth-order valence-electron chi connectivity index (χ4n) is 1.64. The van der Waals surface area contributed by atoms with Gasteiger partial charge < -0.3 is 4.74 Å². The summed E-state index contributed by atoms with van der Waals surface area (Å²) in [5.41, 5.74) is 0.186. The van der Waals surface area contributed by atoms with E-state index < -0.39 is 0 Å². The highest BCUT2D eigenvalue weighted by Crippen LogP contribution is 2.33. The predicted molar refractivity (Wildman–Crippen MR) is 90.8 cm³/mol. The van der Waals surface area contributed by atoms with E-state index in [0.29, 0.717) is 21.5 Å². The predicted octanol–water partition coefficient (Wildman–Crippen LogP) is 3.91. The van der Waals surface area contributed by atoms with Crippen molar-refractivity contribution in [3.05, 3.63) is 36.9 Å². The van der Waals surface area contributed by atoms with E-state index in [4.69, 9.17) is 34.4 Å². The van der Waals surface area contributed by atoms with Crippen LogP contribution in [0.25, 0.3) is 5.69 Å². The summed E-state index contributed by atoms with van der Waals surface area (Å²) in [6.45, 7) is 6.03. The normalized spacial score (nSPS) is 11.3. The van der Waals surface area contributed by atoms with Gasteiger partial charge >= 0.3 is 4.87 Å². The van der Waals surface area contributed by atoms with Gasteiger partial charge in [0.15, 0.2) is 0 Å². The minimum absolute atomic E-state index is 0.0694. The third-order valence-corrected chi connectivity index (χ3v) is 4.56. The molecule has 0 spiro atoms. The highest BCUT2D eigenvalue weighted by atomic mass is 35.5. The molecule has 0 aliphatic heterocycles. The zero-order valence-corrected chi connectivity index (χ0v) is 14.6. The van der Waals surface area contributed by atoms with Gasteiger partial charge in [0.1, 0.15) is 17.4 Å². The molecule has 0 atom stereocenters. The number of terminal acetylenes is 1. The van der Waals surface area contributed by atoms with Crippen LogP contribution in [0, 0.1) is 12.3 Å². The fraction of sp³-hybridized carbons (Fsp3) is 0.333. The van der Waals surface area contributed by atoms with Crippen molar-refractivity contribution in [2.24, 2.45) is 0 Å². The van der Waals surface area contributed by atoms with E-state index in [2.05, 4.69) is 11.0 Å². The maximum absolute atomic E-state index is 12.2. The van der Waals surface area contributed by atoms with Gasteiger partial charge in [-0.1, -0.05) is 61.2 Å². The number of halogens is 2. The lowest BCUT2D eigenvalue weighted by Crippen LogP contribution is -2.15. The molecule has 2 aromatic rings. The molecule has 7 heteroatoms. The van der Waals surface area contributed by atoms with Crippen molar-refractivity contribution in [2.75, 3.05) is 6.61 Å². The van der Waals surface area contributed by atoms with E-state index in [0.717, 1.165) is 16.3 Å². The lowest BCUT2D eigenvalue weighted by Gasteiger charge is -2.13. The first-order chi connectivity index (χ1) is 10.2. The zero-order chi connectivity index (χ0) is 16.5. The molecule has 1 aromatic carbocycles. The van der Waals surface area contributed by atoms with Crippen LogP contribution in [0.3, 0.4) is 0 Å². The van der Waals surface area contributed by atoms with Crippen LogP contribution in [0.15, 0.2) is 16.9 Å². The summed E-state index contributed by atoms with van der Waals surface area (Å²) in [4.78, 5) is 12.0. The number of rotatable bonds is 3. The minimum atomic E-state index is -0.225. The highest BCUT2D eigenvalue weighted by molar-refractivity contribution is 7.09. The Labute approximate surface area is 142 Å². The Balaban J connectivity index is 2.56. The van der Waals surface area contributed by atoms with Crippen molar-refractivity contribution < 1.29 is 4.74 Å². The Morgan fingerprint density at radius 1 is 1.36 bits per heavy atom. The largest absolute Gasteiger partial charge is 0.479 e. The Bertz CT molecular complexity index is 797. The summed E-state index contributed by atoms with van der Waals surface area (Å²) in [7, 11) is 0. The highest BCUT2D eigenvalue weighted by Gasteiger charge is 2.22. The van der Waals surface area contributed by atoms with Crippen molar-refractivity contribution in [1.29, 1.82) is 0 Å². The van der Waals surface area contributed by atoms with E-state index in [1.54, 1.807) is 6.07 Å². The molecule has 1 heterocycles. The quantitative estimate of drug-likeness (QED) is 0.783. The summed E-state index contributed by atoms with van der Waals surface area (Å²) in [6.07, 6.45) is 5.17. The number of hydrogen-bond donors (Lipinski definition) is 0.